The van der Waals surface area contributed by atoms with Crippen LogP contribution >= 0.6 is 45.3 Å². The maximum absolute atomic E-state index is 5.96. The van der Waals surface area contributed by atoms with Crippen molar-refractivity contribution in [1.82, 2.24) is 19.9 Å². The summed E-state index contributed by atoms with van der Waals surface area (Å²) in [6.07, 6.45) is 44.0. The van der Waals surface area contributed by atoms with Crippen molar-refractivity contribution in [2.45, 2.75) is 338 Å². The standard InChI is InChI=1S/C53H89N4S4Si.3C4H9.Sn/c1-11-15-19-23-27-31-35-43-39-58-50(54-43)47-44(36-32-28-24-20-16-12-2)55-51(59-47)48-45(37-33-29-25-21-17-13-3)56-52(60-48)49-46(38-34-30-26-22-18-14-4)57-53(61-49)62(40(5)6,41(7)8)42(9)10;3*1-3-4-2;/h40-42H,11-38H2,1-10H3;3*1,3-4H2,2H3;. The molecule has 4 nitrogen and oxygen atoms in total. The Kier molecular flexibility index (Phi) is 33.5. The van der Waals surface area contributed by atoms with Gasteiger partial charge in [-0.15, -0.1) is 0 Å². The first-order valence-corrected chi connectivity index (χ1v) is 45.4. The molecule has 0 aliphatic carbocycles. The molecule has 0 N–H and O–H groups in total. The second kappa shape index (κ2) is 37.5. The zero-order valence-electron chi connectivity index (χ0n) is 51.3. The van der Waals surface area contributed by atoms with Crippen LogP contribution in [0.3, 0.4) is 0 Å². The molecule has 0 fully saturated rings. The van der Waals surface area contributed by atoms with Crippen LogP contribution in [-0.2, 0) is 25.7 Å². The van der Waals surface area contributed by atoms with Crippen molar-refractivity contribution in [3.63, 3.8) is 0 Å². The van der Waals surface area contributed by atoms with Crippen LogP contribution in [-0.4, -0.2) is 46.4 Å². The monoisotopic (exact) mass is 1230 g/mol. The summed E-state index contributed by atoms with van der Waals surface area (Å²) in [5.41, 5.74) is 7.40. The maximum atomic E-state index is 5.96. The van der Waals surface area contributed by atoms with Crippen LogP contribution in [0.5, 0.6) is 0 Å². The van der Waals surface area contributed by atoms with Crippen LogP contribution in [0.15, 0.2) is 0 Å². The van der Waals surface area contributed by atoms with E-state index < -0.39 is 26.5 Å². The molecule has 0 saturated heterocycles. The molecule has 0 unspecified atom stereocenters. The predicted molar refractivity (Wildman–Crippen MR) is 349 cm³/mol. The fraction of sp³-hybridized carbons (Fsp3) is 0.815. The van der Waals surface area contributed by atoms with Gasteiger partial charge in [-0.25, -0.2) is 0 Å². The number of unbranched alkanes of at least 4 members (excludes halogenated alkanes) is 23. The molecule has 428 valence electrons. The first-order chi connectivity index (χ1) is 36.4. The molecule has 4 aromatic heterocycles. The number of thiazole rings is 4. The Balaban J connectivity index is 1.97. The fourth-order valence-electron chi connectivity index (χ4n) is 12.8. The quantitative estimate of drug-likeness (QED) is 0.0327. The number of aromatic nitrogens is 4. The topological polar surface area (TPSA) is 51.6 Å². The van der Waals surface area contributed by atoms with Crippen LogP contribution < -0.4 is 7.52 Å². The zero-order valence-corrected chi connectivity index (χ0v) is 58.4. The molecule has 0 atom stereocenters. The van der Waals surface area contributed by atoms with E-state index in [9.17, 15) is 0 Å². The van der Waals surface area contributed by atoms with E-state index in [4.69, 9.17) is 19.9 Å². The van der Waals surface area contributed by atoms with E-state index in [-0.39, 0.29) is 0 Å². The second-order valence-corrected chi connectivity index (χ2v) is 48.5. The van der Waals surface area contributed by atoms with Crippen molar-refractivity contribution in [3.05, 3.63) is 22.8 Å². The second-order valence-electron chi connectivity index (χ2n) is 24.2. The predicted octanol–water partition coefficient (Wildman–Crippen LogP) is 23.1. The number of hydrogen-bond donors (Lipinski definition) is 0. The van der Waals surface area contributed by atoms with E-state index in [1.807, 2.05) is 25.6 Å². The Morgan fingerprint density at radius 2 is 0.600 bits per heavy atom. The SMILES string of the molecule is CCCCCCCCc1nc(-c2sc([Si](C(C)C)(C(C)C)C(C)C)nc2CCCCCCCC)sc1-c1nc(CCCCCCCC)c(-c2nc(CCCCCCCC)[c]([Sn]([CH2]CCC)([CH2]CCC)[CH2]CCC)s2)s1. The summed E-state index contributed by atoms with van der Waals surface area (Å²) in [6.45, 7) is 31.7. The Labute approximate surface area is 485 Å². The molecular formula is C65H116N4S4SiSn. The Morgan fingerprint density at radius 3 is 0.947 bits per heavy atom. The molecule has 75 heavy (non-hydrogen) atoms. The van der Waals surface area contributed by atoms with E-state index >= 15 is 0 Å². The summed E-state index contributed by atoms with van der Waals surface area (Å²) in [5.74, 6) is 0. The molecular weight excluding hydrogens is 1110 g/mol. The Hall–Kier alpha value is -0.464. The summed E-state index contributed by atoms with van der Waals surface area (Å²) in [6, 6.07) is 0. The molecule has 0 aliphatic heterocycles. The van der Waals surface area contributed by atoms with Gasteiger partial charge in [-0.05, 0) is 23.0 Å². The molecule has 0 spiro atoms. The first-order valence-electron chi connectivity index (χ1n) is 32.4. The van der Waals surface area contributed by atoms with Crippen molar-refractivity contribution < 1.29 is 0 Å². The van der Waals surface area contributed by atoms with E-state index in [1.165, 1.54) is 269 Å². The molecule has 0 amide bonds. The number of rotatable bonds is 45. The van der Waals surface area contributed by atoms with Crippen LogP contribution in [0.4, 0.5) is 0 Å². The van der Waals surface area contributed by atoms with Crippen LogP contribution in [0.25, 0.3) is 29.7 Å². The van der Waals surface area contributed by atoms with Crippen LogP contribution in [0, 0.1) is 0 Å². The van der Waals surface area contributed by atoms with E-state index in [0.29, 0.717) is 16.6 Å². The van der Waals surface area contributed by atoms with Gasteiger partial charge in [-0.1, -0.05) is 114 Å². The normalized spacial score (nSPS) is 12.5. The van der Waals surface area contributed by atoms with Crippen molar-refractivity contribution in [1.29, 1.82) is 0 Å². The minimum atomic E-state index is -2.82. The molecule has 4 aromatic rings. The minimum absolute atomic E-state index is 0.629. The van der Waals surface area contributed by atoms with Gasteiger partial charge >= 0.3 is 345 Å². The summed E-state index contributed by atoms with van der Waals surface area (Å²) < 4.78 is 7.89. The van der Waals surface area contributed by atoms with E-state index in [0.717, 1.165) is 19.3 Å². The van der Waals surface area contributed by atoms with Gasteiger partial charge < -0.3 is 0 Å². The third-order valence-corrected chi connectivity index (χ3v) is 48.2. The molecule has 0 aromatic carbocycles. The molecule has 10 heteroatoms. The van der Waals surface area contributed by atoms with Gasteiger partial charge in [0.1, 0.15) is 8.07 Å². The van der Waals surface area contributed by atoms with E-state index in [2.05, 4.69) is 113 Å². The number of aryl methyl sites for hydroxylation is 4. The van der Waals surface area contributed by atoms with Gasteiger partial charge in [-0.2, -0.15) is 0 Å². The molecule has 0 radical (unpaired) electrons. The fourth-order valence-corrected chi connectivity index (χ4v) is 46.1. The van der Waals surface area contributed by atoms with Crippen LogP contribution in [0.1, 0.15) is 305 Å². The van der Waals surface area contributed by atoms with Crippen molar-refractivity contribution in [3.8, 4) is 29.7 Å². The molecule has 0 saturated carbocycles. The van der Waals surface area contributed by atoms with Gasteiger partial charge in [0.25, 0.3) is 0 Å². The summed E-state index contributed by atoms with van der Waals surface area (Å²) in [5, 5.41) is 3.78. The van der Waals surface area contributed by atoms with Gasteiger partial charge in [0, 0.05) is 0 Å². The van der Waals surface area contributed by atoms with Crippen molar-refractivity contribution >= 4 is 79.3 Å². The summed E-state index contributed by atoms with van der Waals surface area (Å²) in [7, 11) is -1.97. The van der Waals surface area contributed by atoms with Gasteiger partial charge in [0.15, 0.2) is 0 Å². The van der Waals surface area contributed by atoms with Gasteiger partial charge in [0.05, 0.1) is 0 Å². The Morgan fingerprint density at radius 1 is 0.320 bits per heavy atom. The van der Waals surface area contributed by atoms with Crippen molar-refractivity contribution in [2.75, 3.05) is 0 Å². The average Bonchev–Trinajstić information content (AvgIpc) is 4.21. The third-order valence-electron chi connectivity index (χ3n) is 17.2. The molecule has 0 bridgehead atoms. The van der Waals surface area contributed by atoms with E-state index in [1.54, 1.807) is 0 Å². The summed E-state index contributed by atoms with van der Waals surface area (Å²) in [4.78, 5) is 27.7. The van der Waals surface area contributed by atoms with Gasteiger partial charge in [0.2, 0.25) is 0 Å². The van der Waals surface area contributed by atoms with Crippen LogP contribution in [0.2, 0.25) is 29.9 Å². The number of nitrogens with zero attached hydrogens (tertiary/aromatic N) is 4. The zero-order chi connectivity index (χ0) is 54.5. The molecule has 0 aliphatic rings. The Bertz CT molecular complexity index is 2050. The van der Waals surface area contributed by atoms with Crippen molar-refractivity contribution in [2.24, 2.45) is 0 Å². The molecule has 4 rings (SSSR count). The summed E-state index contributed by atoms with van der Waals surface area (Å²) >= 11 is 5.45. The number of hydrogen-bond acceptors (Lipinski definition) is 8. The first kappa shape index (κ1) is 67.0. The average molecular weight is 1230 g/mol. The molecule has 4 heterocycles. The third kappa shape index (κ3) is 20.2. The van der Waals surface area contributed by atoms with Gasteiger partial charge in [-0.3, -0.25) is 0 Å².